The Morgan fingerprint density at radius 1 is 0.867 bits per heavy atom. The van der Waals surface area contributed by atoms with Crippen LogP contribution in [-0.2, 0) is 21.2 Å². The third-order valence-electron chi connectivity index (χ3n) is 5.43. The van der Waals surface area contributed by atoms with Gasteiger partial charge in [-0.25, -0.2) is 12.8 Å². The third kappa shape index (κ3) is 4.37. The predicted octanol–water partition coefficient (Wildman–Crippen LogP) is 3.44. The van der Waals surface area contributed by atoms with Gasteiger partial charge in [-0.3, -0.25) is 4.79 Å². The normalized spacial score (nSPS) is 15.8. The molecular weight excluding hydrogens is 403 g/mol. The molecule has 0 aliphatic carbocycles. The SMILES string of the molecule is O=C(Cc1ccc2ccccc2c1)N1CCCN(S(=O)(=O)c2ccc(F)cc2)CC1. The first-order valence-electron chi connectivity index (χ1n) is 9.95. The molecule has 1 saturated heterocycles. The molecule has 156 valence electrons. The van der Waals surface area contributed by atoms with Crippen LogP contribution in [0.2, 0.25) is 0 Å². The van der Waals surface area contributed by atoms with Gasteiger partial charge in [-0.1, -0.05) is 42.5 Å². The summed E-state index contributed by atoms with van der Waals surface area (Å²) in [7, 11) is -3.71. The van der Waals surface area contributed by atoms with E-state index in [1.54, 1.807) is 4.90 Å². The minimum absolute atomic E-state index is 0.00805. The summed E-state index contributed by atoms with van der Waals surface area (Å²) < 4.78 is 40.2. The minimum Gasteiger partial charge on any atom is -0.341 e. The molecule has 0 bridgehead atoms. The maximum absolute atomic E-state index is 13.1. The summed E-state index contributed by atoms with van der Waals surface area (Å²) in [6.07, 6.45) is 0.847. The Kier molecular flexibility index (Phi) is 5.83. The number of benzene rings is 3. The van der Waals surface area contributed by atoms with Gasteiger partial charge in [-0.15, -0.1) is 0 Å². The monoisotopic (exact) mass is 426 g/mol. The summed E-state index contributed by atoms with van der Waals surface area (Å²) in [5.74, 6) is -0.485. The van der Waals surface area contributed by atoms with Crippen molar-refractivity contribution in [1.82, 2.24) is 9.21 Å². The van der Waals surface area contributed by atoms with E-state index in [0.29, 0.717) is 26.1 Å². The fourth-order valence-electron chi connectivity index (χ4n) is 3.77. The van der Waals surface area contributed by atoms with Crippen molar-refractivity contribution in [3.05, 3.63) is 78.1 Å². The maximum Gasteiger partial charge on any atom is 0.243 e. The van der Waals surface area contributed by atoms with Gasteiger partial charge < -0.3 is 4.90 Å². The molecule has 7 heteroatoms. The molecule has 30 heavy (non-hydrogen) atoms. The third-order valence-corrected chi connectivity index (χ3v) is 7.34. The number of fused-ring (bicyclic) bond motifs is 1. The molecule has 0 N–H and O–H groups in total. The van der Waals surface area contributed by atoms with Crippen LogP contribution >= 0.6 is 0 Å². The standard InChI is InChI=1S/C23H23FN2O3S/c24-21-8-10-22(11-9-21)30(28,29)26-13-3-12-25(14-15-26)23(27)17-18-6-7-19-4-1-2-5-20(19)16-18/h1-2,4-11,16H,3,12-15,17H2. The summed E-state index contributed by atoms with van der Waals surface area (Å²) in [5, 5.41) is 2.22. The van der Waals surface area contributed by atoms with E-state index >= 15 is 0 Å². The van der Waals surface area contributed by atoms with Gasteiger partial charge in [0.05, 0.1) is 11.3 Å². The Hall–Kier alpha value is -2.77. The molecule has 5 nitrogen and oxygen atoms in total. The minimum atomic E-state index is -3.71. The predicted molar refractivity (Wildman–Crippen MR) is 114 cm³/mol. The fraction of sp³-hybridized carbons (Fsp3) is 0.261. The van der Waals surface area contributed by atoms with Gasteiger partial charge >= 0.3 is 0 Å². The number of hydrogen-bond acceptors (Lipinski definition) is 3. The number of nitrogens with zero attached hydrogens (tertiary/aromatic N) is 2. The molecule has 3 aromatic rings. The van der Waals surface area contributed by atoms with Gasteiger partial charge in [0.25, 0.3) is 0 Å². The van der Waals surface area contributed by atoms with E-state index in [-0.39, 0.29) is 23.8 Å². The van der Waals surface area contributed by atoms with Gasteiger partial charge in [0.15, 0.2) is 0 Å². The molecule has 1 aliphatic rings. The average Bonchev–Trinajstić information content (AvgIpc) is 3.01. The highest BCUT2D eigenvalue weighted by Gasteiger charge is 2.28. The van der Waals surface area contributed by atoms with Crippen LogP contribution in [0.4, 0.5) is 4.39 Å². The zero-order valence-corrected chi connectivity index (χ0v) is 17.3. The molecule has 0 aromatic heterocycles. The van der Waals surface area contributed by atoms with Crippen LogP contribution in [0.1, 0.15) is 12.0 Å². The number of hydrogen-bond donors (Lipinski definition) is 0. The molecule has 0 radical (unpaired) electrons. The lowest BCUT2D eigenvalue weighted by Crippen LogP contribution is -2.38. The summed E-state index contributed by atoms with van der Waals surface area (Å²) in [4.78, 5) is 14.6. The number of carbonyl (C=O) groups is 1. The summed E-state index contributed by atoms with van der Waals surface area (Å²) in [6.45, 7) is 1.41. The van der Waals surface area contributed by atoms with Crippen LogP contribution in [0.15, 0.2) is 71.6 Å². The fourth-order valence-corrected chi connectivity index (χ4v) is 5.24. The van der Waals surface area contributed by atoms with Crippen molar-refractivity contribution in [2.75, 3.05) is 26.2 Å². The molecule has 1 heterocycles. The first-order chi connectivity index (χ1) is 14.4. The van der Waals surface area contributed by atoms with Gasteiger partial charge in [0.1, 0.15) is 5.82 Å². The lowest BCUT2D eigenvalue weighted by molar-refractivity contribution is -0.130. The van der Waals surface area contributed by atoms with E-state index in [9.17, 15) is 17.6 Å². The maximum atomic E-state index is 13.1. The first-order valence-corrected chi connectivity index (χ1v) is 11.4. The Labute approximate surface area is 175 Å². The van der Waals surface area contributed by atoms with Gasteiger partial charge in [-0.2, -0.15) is 4.31 Å². The second-order valence-electron chi connectivity index (χ2n) is 7.45. The van der Waals surface area contributed by atoms with Gasteiger partial charge in [0, 0.05) is 26.2 Å². The van der Waals surface area contributed by atoms with E-state index in [1.165, 1.54) is 16.4 Å². The van der Waals surface area contributed by atoms with E-state index in [2.05, 4.69) is 0 Å². The van der Waals surface area contributed by atoms with Crippen LogP contribution in [0.5, 0.6) is 0 Å². The molecule has 0 saturated carbocycles. The van der Waals surface area contributed by atoms with Crippen molar-refractivity contribution in [1.29, 1.82) is 0 Å². The van der Waals surface area contributed by atoms with Crippen LogP contribution in [0.3, 0.4) is 0 Å². The van der Waals surface area contributed by atoms with Crippen molar-refractivity contribution >= 4 is 26.7 Å². The second-order valence-corrected chi connectivity index (χ2v) is 9.39. The topological polar surface area (TPSA) is 57.7 Å². The van der Waals surface area contributed by atoms with Gasteiger partial charge in [0.2, 0.25) is 15.9 Å². The molecular formula is C23H23FN2O3S. The molecule has 0 spiro atoms. The first kappa shape index (κ1) is 20.5. The van der Waals surface area contributed by atoms with Gasteiger partial charge in [-0.05, 0) is 47.0 Å². The van der Waals surface area contributed by atoms with E-state index in [4.69, 9.17) is 0 Å². The Morgan fingerprint density at radius 3 is 2.37 bits per heavy atom. The van der Waals surface area contributed by atoms with Crippen molar-refractivity contribution in [3.8, 4) is 0 Å². The highest BCUT2D eigenvalue weighted by molar-refractivity contribution is 7.89. The van der Waals surface area contributed by atoms with Crippen molar-refractivity contribution < 1.29 is 17.6 Å². The number of amides is 1. The van der Waals surface area contributed by atoms with E-state index < -0.39 is 15.8 Å². The highest BCUT2D eigenvalue weighted by atomic mass is 32.2. The van der Waals surface area contributed by atoms with Crippen molar-refractivity contribution in [3.63, 3.8) is 0 Å². The van der Waals surface area contributed by atoms with Crippen LogP contribution < -0.4 is 0 Å². The molecule has 0 atom stereocenters. The van der Waals surface area contributed by atoms with E-state index in [0.717, 1.165) is 28.5 Å². The zero-order chi connectivity index (χ0) is 21.1. The zero-order valence-electron chi connectivity index (χ0n) is 16.5. The summed E-state index contributed by atoms with van der Waals surface area (Å²) >= 11 is 0. The Bertz CT molecular complexity index is 1160. The molecule has 0 unspecified atom stereocenters. The second kappa shape index (κ2) is 8.53. The Morgan fingerprint density at radius 2 is 1.60 bits per heavy atom. The number of sulfonamides is 1. The van der Waals surface area contributed by atoms with Crippen LogP contribution in [0.25, 0.3) is 10.8 Å². The molecule has 4 rings (SSSR count). The largest absolute Gasteiger partial charge is 0.341 e. The summed E-state index contributed by atoms with van der Waals surface area (Å²) in [5.41, 5.74) is 0.943. The molecule has 1 fully saturated rings. The quantitative estimate of drug-likeness (QED) is 0.642. The van der Waals surface area contributed by atoms with Crippen molar-refractivity contribution in [2.45, 2.75) is 17.7 Å². The van der Waals surface area contributed by atoms with Crippen LogP contribution in [0, 0.1) is 5.82 Å². The van der Waals surface area contributed by atoms with Crippen LogP contribution in [-0.4, -0.2) is 49.7 Å². The van der Waals surface area contributed by atoms with Crippen molar-refractivity contribution in [2.24, 2.45) is 0 Å². The summed E-state index contributed by atoms with van der Waals surface area (Å²) in [6, 6.07) is 18.8. The lowest BCUT2D eigenvalue weighted by Gasteiger charge is -2.22. The smallest absolute Gasteiger partial charge is 0.243 e. The molecule has 1 amide bonds. The lowest BCUT2D eigenvalue weighted by atomic mass is 10.0. The molecule has 3 aromatic carbocycles. The number of rotatable bonds is 4. The van der Waals surface area contributed by atoms with E-state index in [1.807, 2.05) is 42.5 Å². The number of halogens is 1. The average molecular weight is 427 g/mol. The Balaban J connectivity index is 1.43. The molecule has 1 aliphatic heterocycles. The highest BCUT2D eigenvalue weighted by Crippen LogP contribution is 2.20. The number of carbonyl (C=O) groups excluding carboxylic acids is 1.